The van der Waals surface area contributed by atoms with Crippen molar-refractivity contribution >= 4 is 22.9 Å². The third-order valence-corrected chi connectivity index (χ3v) is 3.80. The quantitative estimate of drug-likeness (QED) is 0.626. The van der Waals surface area contributed by atoms with Gasteiger partial charge in [0.05, 0.1) is 0 Å². The fourth-order valence-corrected chi connectivity index (χ4v) is 2.64. The largest absolute Gasteiger partial charge is 0.507 e. The van der Waals surface area contributed by atoms with Gasteiger partial charge in [-0.15, -0.1) is 0 Å². The van der Waals surface area contributed by atoms with E-state index in [1.54, 1.807) is 6.07 Å². The van der Waals surface area contributed by atoms with Crippen LogP contribution in [-0.4, -0.2) is 5.11 Å². The smallest absolute Gasteiger partial charge is 0.123 e. The van der Waals surface area contributed by atoms with E-state index in [0.717, 1.165) is 16.3 Å². The highest BCUT2D eigenvalue weighted by Crippen LogP contribution is 2.29. The Bertz CT molecular complexity index is 828. The summed E-state index contributed by atoms with van der Waals surface area (Å²) in [5.74, 6) is 0.315. The number of hydrogen-bond acceptors (Lipinski definition) is 1. The van der Waals surface area contributed by atoms with Crippen LogP contribution in [0.2, 0.25) is 0 Å². The molecule has 1 heteroatoms. The first-order chi connectivity index (χ1) is 10.1. The fraction of sp³-hybridized carbons (Fsp3) is 0.100. The van der Waals surface area contributed by atoms with E-state index in [9.17, 15) is 5.11 Å². The maximum atomic E-state index is 10.1. The van der Waals surface area contributed by atoms with Crippen molar-refractivity contribution in [2.45, 2.75) is 13.8 Å². The van der Waals surface area contributed by atoms with E-state index in [1.165, 1.54) is 16.7 Å². The van der Waals surface area contributed by atoms with Gasteiger partial charge in [0.2, 0.25) is 0 Å². The van der Waals surface area contributed by atoms with Crippen LogP contribution in [0.4, 0.5) is 0 Å². The van der Waals surface area contributed by atoms with Gasteiger partial charge in [-0.3, -0.25) is 0 Å². The third-order valence-electron chi connectivity index (χ3n) is 3.80. The number of benzene rings is 3. The highest BCUT2D eigenvalue weighted by atomic mass is 16.3. The third kappa shape index (κ3) is 2.68. The molecule has 1 nitrogen and oxygen atoms in total. The summed E-state index contributed by atoms with van der Waals surface area (Å²) in [6.45, 7) is 4.20. The summed E-state index contributed by atoms with van der Waals surface area (Å²) in [4.78, 5) is 0. The molecule has 0 unspecified atom stereocenters. The van der Waals surface area contributed by atoms with Gasteiger partial charge in [-0.1, -0.05) is 66.2 Å². The molecule has 3 aromatic carbocycles. The summed E-state index contributed by atoms with van der Waals surface area (Å²) in [7, 11) is 0. The zero-order chi connectivity index (χ0) is 14.8. The Morgan fingerprint density at radius 1 is 0.857 bits per heavy atom. The first-order valence-electron chi connectivity index (χ1n) is 7.11. The standard InChI is InChI=1S/C20H18O/c1-14-7-8-16(15(2)13-14)9-11-19-18-6-4-3-5-17(18)10-12-20(19)21/h3-13,21H,1-2H3/b11-9+. The van der Waals surface area contributed by atoms with E-state index in [0.29, 0.717) is 5.75 Å². The Morgan fingerprint density at radius 3 is 2.48 bits per heavy atom. The maximum absolute atomic E-state index is 10.1. The molecule has 0 saturated heterocycles. The Hall–Kier alpha value is -2.54. The lowest BCUT2D eigenvalue weighted by atomic mass is 10.0. The minimum absolute atomic E-state index is 0.315. The van der Waals surface area contributed by atoms with Crippen LogP contribution in [0.3, 0.4) is 0 Å². The van der Waals surface area contributed by atoms with E-state index in [4.69, 9.17) is 0 Å². The average Bonchev–Trinajstić information content (AvgIpc) is 2.48. The molecule has 0 aliphatic rings. The number of hydrogen-bond donors (Lipinski definition) is 1. The molecule has 0 aliphatic carbocycles. The zero-order valence-corrected chi connectivity index (χ0v) is 12.3. The van der Waals surface area contributed by atoms with Crippen molar-refractivity contribution < 1.29 is 5.11 Å². The van der Waals surface area contributed by atoms with Crippen LogP contribution in [0.1, 0.15) is 22.3 Å². The molecule has 0 aromatic heterocycles. The Balaban J connectivity index is 2.09. The van der Waals surface area contributed by atoms with E-state index in [-0.39, 0.29) is 0 Å². The van der Waals surface area contributed by atoms with E-state index in [2.05, 4.69) is 44.2 Å². The lowest BCUT2D eigenvalue weighted by molar-refractivity contribution is 0.475. The van der Waals surface area contributed by atoms with Gasteiger partial charge >= 0.3 is 0 Å². The highest BCUT2D eigenvalue weighted by molar-refractivity contribution is 5.95. The molecule has 1 N–H and O–H groups in total. The van der Waals surface area contributed by atoms with Gasteiger partial charge in [-0.25, -0.2) is 0 Å². The van der Waals surface area contributed by atoms with E-state index < -0.39 is 0 Å². The van der Waals surface area contributed by atoms with Crippen molar-refractivity contribution in [3.8, 4) is 5.75 Å². The van der Waals surface area contributed by atoms with Crippen molar-refractivity contribution in [1.29, 1.82) is 0 Å². The van der Waals surface area contributed by atoms with Gasteiger partial charge in [-0.2, -0.15) is 0 Å². The van der Waals surface area contributed by atoms with Crippen LogP contribution in [0, 0.1) is 13.8 Å². The molecule has 3 rings (SSSR count). The van der Waals surface area contributed by atoms with Gasteiger partial charge in [0.15, 0.2) is 0 Å². The molecule has 0 saturated carbocycles. The summed E-state index contributed by atoms with van der Waals surface area (Å²) in [5, 5.41) is 12.4. The van der Waals surface area contributed by atoms with Crippen LogP contribution >= 0.6 is 0 Å². The molecule has 0 spiro atoms. The molecule has 0 heterocycles. The summed E-state index contributed by atoms with van der Waals surface area (Å²) in [6.07, 6.45) is 4.06. The van der Waals surface area contributed by atoms with Crippen LogP contribution in [0.25, 0.3) is 22.9 Å². The number of fused-ring (bicyclic) bond motifs is 1. The second-order valence-electron chi connectivity index (χ2n) is 5.41. The average molecular weight is 274 g/mol. The number of aromatic hydroxyl groups is 1. The lowest BCUT2D eigenvalue weighted by Gasteiger charge is -2.06. The Labute approximate surface area is 125 Å². The van der Waals surface area contributed by atoms with E-state index >= 15 is 0 Å². The molecule has 21 heavy (non-hydrogen) atoms. The van der Waals surface area contributed by atoms with Gasteiger partial charge < -0.3 is 5.11 Å². The Kier molecular flexibility index (Phi) is 3.49. The predicted octanol–water partition coefficient (Wildman–Crippen LogP) is 5.33. The van der Waals surface area contributed by atoms with Gasteiger partial charge in [0.25, 0.3) is 0 Å². The molecule has 104 valence electrons. The topological polar surface area (TPSA) is 20.2 Å². The maximum Gasteiger partial charge on any atom is 0.123 e. The normalized spacial score (nSPS) is 11.3. The van der Waals surface area contributed by atoms with Crippen molar-refractivity contribution in [2.24, 2.45) is 0 Å². The van der Waals surface area contributed by atoms with Crippen LogP contribution in [-0.2, 0) is 0 Å². The minimum Gasteiger partial charge on any atom is -0.507 e. The number of phenols is 1. The molecule has 0 atom stereocenters. The van der Waals surface area contributed by atoms with Crippen molar-refractivity contribution in [1.82, 2.24) is 0 Å². The van der Waals surface area contributed by atoms with Crippen LogP contribution in [0.5, 0.6) is 5.75 Å². The molecule has 3 aromatic rings. The lowest BCUT2D eigenvalue weighted by Crippen LogP contribution is -1.83. The highest BCUT2D eigenvalue weighted by Gasteiger charge is 2.03. The summed E-state index contributed by atoms with van der Waals surface area (Å²) >= 11 is 0. The molecule has 0 fully saturated rings. The summed E-state index contributed by atoms with van der Waals surface area (Å²) in [5.41, 5.74) is 4.55. The fourth-order valence-electron chi connectivity index (χ4n) is 2.64. The van der Waals surface area contributed by atoms with Crippen molar-refractivity contribution in [2.75, 3.05) is 0 Å². The van der Waals surface area contributed by atoms with Crippen molar-refractivity contribution in [3.63, 3.8) is 0 Å². The molecular formula is C20H18O. The van der Waals surface area contributed by atoms with Crippen LogP contribution in [0.15, 0.2) is 54.6 Å². The molecular weight excluding hydrogens is 256 g/mol. The zero-order valence-electron chi connectivity index (χ0n) is 12.3. The van der Waals surface area contributed by atoms with Gasteiger partial charge in [0.1, 0.15) is 5.75 Å². The second kappa shape index (κ2) is 5.45. The monoisotopic (exact) mass is 274 g/mol. The Morgan fingerprint density at radius 2 is 1.67 bits per heavy atom. The van der Waals surface area contributed by atoms with Gasteiger partial charge in [0, 0.05) is 5.56 Å². The minimum atomic E-state index is 0.315. The first kappa shape index (κ1) is 13.4. The summed E-state index contributed by atoms with van der Waals surface area (Å²) < 4.78 is 0. The van der Waals surface area contributed by atoms with Crippen molar-refractivity contribution in [3.05, 3.63) is 76.9 Å². The number of aryl methyl sites for hydroxylation is 2. The summed E-state index contributed by atoms with van der Waals surface area (Å²) in [6, 6.07) is 18.2. The first-order valence-corrected chi connectivity index (χ1v) is 7.11. The SMILES string of the molecule is Cc1ccc(/C=C/c2c(O)ccc3ccccc23)c(C)c1. The van der Waals surface area contributed by atoms with Crippen LogP contribution < -0.4 is 0 Å². The number of phenolic OH excluding ortho intramolecular Hbond substituents is 1. The predicted molar refractivity (Wildman–Crippen MR) is 90.5 cm³/mol. The molecule has 0 bridgehead atoms. The number of rotatable bonds is 2. The molecule has 0 amide bonds. The van der Waals surface area contributed by atoms with Gasteiger partial charge in [-0.05, 0) is 41.8 Å². The molecule has 0 radical (unpaired) electrons. The second-order valence-corrected chi connectivity index (χ2v) is 5.41. The molecule has 0 aliphatic heterocycles. The van der Waals surface area contributed by atoms with E-state index in [1.807, 2.05) is 30.3 Å².